The van der Waals surface area contributed by atoms with Gasteiger partial charge in [-0.1, -0.05) is 62.7 Å². The van der Waals surface area contributed by atoms with Crippen LogP contribution < -0.4 is 4.74 Å². The van der Waals surface area contributed by atoms with Crippen molar-refractivity contribution in [1.29, 1.82) is 5.26 Å². The van der Waals surface area contributed by atoms with E-state index >= 15 is 0 Å². The molecule has 0 N–H and O–H groups in total. The molecule has 4 heteroatoms. The molecular formula is C28H30N2OS. The van der Waals surface area contributed by atoms with Gasteiger partial charge in [-0.25, -0.2) is 4.99 Å². The first kappa shape index (κ1) is 22.3. The highest BCUT2D eigenvalue weighted by molar-refractivity contribution is 7.16. The van der Waals surface area contributed by atoms with Crippen LogP contribution >= 0.6 is 11.3 Å². The maximum atomic E-state index is 9.83. The van der Waals surface area contributed by atoms with Crippen molar-refractivity contribution in [3.05, 3.63) is 81.2 Å². The van der Waals surface area contributed by atoms with Gasteiger partial charge >= 0.3 is 0 Å². The van der Waals surface area contributed by atoms with Crippen molar-refractivity contribution >= 4 is 22.6 Å². The highest BCUT2D eigenvalue weighted by Gasteiger charge is 2.32. The van der Waals surface area contributed by atoms with Gasteiger partial charge in [-0.05, 0) is 60.8 Å². The Balaban J connectivity index is 1.55. The zero-order valence-electron chi connectivity index (χ0n) is 19.3. The maximum Gasteiger partial charge on any atom is 0.134 e. The van der Waals surface area contributed by atoms with Crippen LogP contribution in [0.4, 0.5) is 5.00 Å². The Kier molecular flexibility index (Phi) is 6.48. The van der Waals surface area contributed by atoms with Crippen LogP contribution in [0, 0.1) is 29.6 Å². The van der Waals surface area contributed by atoms with Crippen LogP contribution in [0.3, 0.4) is 0 Å². The van der Waals surface area contributed by atoms with E-state index in [1.807, 2.05) is 36.5 Å². The lowest BCUT2D eigenvalue weighted by molar-refractivity contribution is 0.218. The third-order valence-corrected chi connectivity index (χ3v) is 7.46. The fourth-order valence-corrected chi connectivity index (χ4v) is 5.55. The summed E-state index contributed by atoms with van der Waals surface area (Å²) in [7, 11) is 0. The summed E-state index contributed by atoms with van der Waals surface area (Å²) in [6, 6.07) is 18.7. The van der Waals surface area contributed by atoms with E-state index in [1.54, 1.807) is 11.3 Å². The van der Waals surface area contributed by atoms with E-state index in [1.165, 1.54) is 16.0 Å². The third kappa shape index (κ3) is 4.95. The predicted molar refractivity (Wildman–Crippen MR) is 133 cm³/mol. The van der Waals surface area contributed by atoms with Gasteiger partial charge in [-0.15, -0.1) is 11.3 Å². The van der Waals surface area contributed by atoms with Gasteiger partial charge in [0.1, 0.15) is 23.4 Å². The van der Waals surface area contributed by atoms with Gasteiger partial charge in [0.25, 0.3) is 0 Å². The molecule has 4 rings (SSSR count). The highest BCUT2D eigenvalue weighted by Crippen LogP contribution is 2.44. The fraction of sp³-hybridized carbons (Fsp3) is 0.357. The average molecular weight is 443 g/mol. The van der Waals surface area contributed by atoms with E-state index in [0.717, 1.165) is 46.7 Å². The van der Waals surface area contributed by atoms with E-state index in [0.29, 0.717) is 12.5 Å². The third-order valence-electron chi connectivity index (χ3n) is 6.30. The molecule has 1 heterocycles. The van der Waals surface area contributed by atoms with Crippen LogP contribution in [0.2, 0.25) is 0 Å². The topological polar surface area (TPSA) is 45.4 Å². The molecule has 1 aromatic heterocycles. The van der Waals surface area contributed by atoms with Crippen LogP contribution in [0.1, 0.15) is 59.9 Å². The molecule has 0 saturated heterocycles. The lowest BCUT2D eigenvalue weighted by Gasteiger charge is -2.33. The van der Waals surface area contributed by atoms with E-state index < -0.39 is 0 Å². The van der Waals surface area contributed by atoms with Crippen molar-refractivity contribution < 1.29 is 4.74 Å². The maximum absolute atomic E-state index is 9.83. The van der Waals surface area contributed by atoms with Gasteiger partial charge in [0.05, 0.1) is 5.56 Å². The van der Waals surface area contributed by atoms with Crippen molar-refractivity contribution in [2.45, 2.75) is 53.6 Å². The molecule has 0 fully saturated rings. The number of benzene rings is 2. The number of ether oxygens (including phenoxy) is 1. The molecule has 3 aromatic rings. The molecule has 1 aliphatic rings. The minimum atomic E-state index is 0.283. The van der Waals surface area contributed by atoms with Gasteiger partial charge in [0.15, 0.2) is 0 Å². The molecule has 0 saturated carbocycles. The molecule has 3 nitrogen and oxygen atoms in total. The van der Waals surface area contributed by atoms with Crippen LogP contribution in [0.15, 0.2) is 53.5 Å². The number of para-hydroxylation sites is 1. The summed E-state index contributed by atoms with van der Waals surface area (Å²) in [5.41, 5.74) is 5.54. The lowest BCUT2D eigenvalue weighted by Crippen LogP contribution is -2.26. The van der Waals surface area contributed by atoms with E-state index in [4.69, 9.17) is 9.73 Å². The Bertz CT molecular complexity index is 1180. The summed E-state index contributed by atoms with van der Waals surface area (Å²) >= 11 is 1.68. The molecule has 1 atom stereocenters. The minimum Gasteiger partial charge on any atom is -0.488 e. The van der Waals surface area contributed by atoms with Gasteiger partial charge in [-0.2, -0.15) is 5.26 Å². The lowest BCUT2D eigenvalue weighted by atomic mass is 9.72. The summed E-state index contributed by atoms with van der Waals surface area (Å²) < 4.78 is 6.10. The molecular weight excluding hydrogens is 412 g/mol. The molecule has 164 valence electrons. The molecule has 0 bridgehead atoms. The predicted octanol–water partition coefficient (Wildman–Crippen LogP) is 7.41. The second kappa shape index (κ2) is 9.30. The highest BCUT2D eigenvalue weighted by atomic mass is 32.1. The minimum absolute atomic E-state index is 0.283. The van der Waals surface area contributed by atoms with Crippen molar-refractivity contribution in [2.75, 3.05) is 0 Å². The Labute approximate surface area is 195 Å². The van der Waals surface area contributed by atoms with E-state index in [2.05, 4.69) is 52.0 Å². The standard InChI is InChI=1S/C28H30N2OS/c1-19-8-7-9-20(14-19)18-31-25-11-6-5-10-21(25)17-30-27-24(16-29)23-13-12-22(28(2,3)4)15-26(23)32-27/h5-11,14,17,22H,12-13,15,18H2,1-4H3/t22-/m0/s1. The number of hydrogen-bond donors (Lipinski definition) is 0. The molecule has 0 unspecified atom stereocenters. The Morgan fingerprint density at radius 1 is 1.19 bits per heavy atom. The van der Waals surface area contributed by atoms with Gasteiger partial charge < -0.3 is 4.74 Å². The number of hydrogen-bond acceptors (Lipinski definition) is 4. The van der Waals surface area contributed by atoms with E-state index in [9.17, 15) is 5.26 Å². The zero-order valence-corrected chi connectivity index (χ0v) is 20.1. The Hall–Kier alpha value is -2.90. The van der Waals surface area contributed by atoms with Gasteiger partial charge in [0, 0.05) is 16.7 Å². The first-order valence-electron chi connectivity index (χ1n) is 11.2. The monoisotopic (exact) mass is 442 g/mol. The fourth-order valence-electron chi connectivity index (χ4n) is 4.33. The Morgan fingerprint density at radius 2 is 2.00 bits per heavy atom. The molecule has 0 radical (unpaired) electrons. The quantitative estimate of drug-likeness (QED) is 0.386. The number of nitrogens with zero attached hydrogens (tertiary/aromatic N) is 2. The molecule has 0 amide bonds. The molecule has 0 aliphatic heterocycles. The molecule has 1 aliphatic carbocycles. The van der Waals surface area contributed by atoms with Crippen LogP contribution in [-0.4, -0.2) is 6.21 Å². The van der Waals surface area contributed by atoms with Crippen molar-refractivity contribution in [2.24, 2.45) is 16.3 Å². The van der Waals surface area contributed by atoms with Crippen molar-refractivity contribution in [3.63, 3.8) is 0 Å². The summed E-state index contributed by atoms with van der Waals surface area (Å²) in [6.07, 6.45) is 5.00. The van der Waals surface area contributed by atoms with E-state index in [-0.39, 0.29) is 5.41 Å². The zero-order chi connectivity index (χ0) is 22.7. The smallest absolute Gasteiger partial charge is 0.134 e. The van der Waals surface area contributed by atoms with Crippen molar-refractivity contribution in [1.82, 2.24) is 0 Å². The van der Waals surface area contributed by atoms with Crippen molar-refractivity contribution in [3.8, 4) is 11.8 Å². The summed E-state index contributed by atoms with van der Waals surface area (Å²) in [6.45, 7) is 9.54. The first-order valence-corrected chi connectivity index (χ1v) is 12.0. The number of rotatable bonds is 5. The second-order valence-electron chi connectivity index (χ2n) is 9.68. The molecule has 2 aromatic carbocycles. The molecule has 32 heavy (non-hydrogen) atoms. The number of fused-ring (bicyclic) bond motifs is 1. The van der Waals surface area contributed by atoms with Crippen LogP contribution in [-0.2, 0) is 19.4 Å². The van der Waals surface area contributed by atoms with Crippen LogP contribution in [0.25, 0.3) is 0 Å². The average Bonchev–Trinajstić information content (AvgIpc) is 3.13. The van der Waals surface area contributed by atoms with Crippen LogP contribution in [0.5, 0.6) is 5.75 Å². The summed E-state index contributed by atoms with van der Waals surface area (Å²) in [5, 5.41) is 10.7. The second-order valence-corrected chi connectivity index (χ2v) is 10.8. The Morgan fingerprint density at radius 3 is 2.75 bits per heavy atom. The number of aryl methyl sites for hydroxylation is 1. The summed E-state index contributed by atoms with van der Waals surface area (Å²) in [5.74, 6) is 1.44. The molecule has 0 spiro atoms. The first-order chi connectivity index (χ1) is 15.3. The number of aliphatic imine (C=N–C) groups is 1. The van der Waals surface area contributed by atoms with Gasteiger partial charge in [-0.3, -0.25) is 0 Å². The largest absolute Gasteiger partial charge is 0.488 e. The normalized spacial score (nSPS) is 16.0. The van der Waals surface area contributed by atoms with Gasteiger partial charge in [0.2, 0.25) is 0 Å². The summed E-state index contributed by atoms with van der Waals surface area (Å²) in [4.78, 5) is 6.10. The number of thiophene rings is 1. The SMILES string of the molecule is Cc1cccc(COc2ccccc2C=Nc2sc3c(c2C#N)CC[C@H](C(C)(C)C)C3)c1. The number of nitriles is 1.